The second-order valence-corrected chi connectivity index (χ2v) is 10.9. The molecule has 0 aliphatic heterocycles. The van der Waals surface area contributed by atoms with Crippen molar-refractivity contribution in [3.05, 3.63) is 98.6 Å². The summed E-state index contributed by atoms with van der Waals surface area (Å²) in [5.74, 6) is 0.399. The van der Waals surface area contributed by atoms with Gasteiger partial charge in [0.05, 0.1) is 21.3 Å². The summed E-state index contributed by atoms with van der Waals surface area (Å²) in [5.41, 5.74) is 4.00. The number of aromatic nitrogens is 2. The second kappa shape index (κ2) is 9.21. The molecule has 9 heteroatoms. The van der Waals surface area contributed by atoms with E-state index in [1.807, 2.05) is 32.0 Å². The summed E-state index contributed by atoms with van der Waals surface area (Å²) in [6.07, 6.45) is 1.53. The lowest BCUT2D eigenvalue weighted by Gasteiger charge is -2.15. The molecule has 4 rings (SSSR count). The van der Waals surface area contributed by atoms with Gasteiger partial charge in [-0.2, -0.15) is 0 Å². The predicted molar refractivity (Wildman–Crippen MR) is 134 cm³/mol. The lowest BCUT2D eigenvalue weighted by molar-refractivity contribution is 0.600. The van der Waals surface area contributed by atoms with Gasteiger partial charge in [-0.3, -0.25) is 13.9 Å². The van der Waals surface area contributed by atoms with E-state index in [-0.39, 0.29) is 10.5 Å². The number of nitrogens with one attached hydrogen (secondary N) is 1. The molecule has 0 unspecified atom stereocenters. The normalized spacial score (nSPS) is 11.6. The van der Waals surface area contributed by atoms with Crippen LogP contribution in [0, 0.1) is 20.8 Å². The van der Waals surface area contributed by atoms with Crippen molar-refractivity contribution in [1.29, 1.82) is 0 Å². The molecule has 0 bridgehead atoms. The van der Waals surface area contributed by atoms with Crippen LogP contribution in [-0.2, 0) is 15.8 Å². The molecule has 2 aromatic heterocycles. The summed E-state index contributed by atoms with van der Waals surface area (Å²) >= 11 is 7.37. The van der Waals surface area contributed by atoms with Gasteiger partial charge < -0.3 is 0 Å². The van der Waals surface area contributed by atoms with Crippen molar-refractivity contribution in [2.24, 2.45) is 0 Å². The van der Waals surface area contributed by atoms with E-state index in [2.05, 4.69) is 9.71 Å². The average molecular weight is 500 g/mol. The van der Waals surface area contributed by atoms with Crippen molar-refractivity contribution in [2.45, 2.75) is 36.3 Å². The first kappa shape index (κ1) is 23.4. The maximum absolute atomic E-state index is 13.1. The molecule has 0 spiro atoms. The molecule has 2 heterocycles. The molecule has 0 saturated heterocycles. The van der Waals surface area contributed by atoms with Gasteiger partial charge in [-0.05, 0) is 67.8 Å². The fourth-order valence-electron chi connectivity index (χ4n) is 3.45. The predicted octanol–water partition coefficient (Wildman–Crippen LogP) is 5.37. The molecule has 0 saturated carbocycles. The topological polar surface area (TPSA) is 80.5 Å². The molecular formula is C24H22ClN3O3S2. The fraction of sp³-hybridized carbons (Fsp3) is 0.167. The number of benzene rings is 2. The van der Waals surface area contributed by atoms with Crippen LogP contribution < -0.4 is 10.3 Å². The Bertz CT molecular complexity index is 1530. The summed E-state index contributed by atoms with van der Waals surface area (Å²) in [7, 11) is -3.77. The number of fused-ring (bicyclic) bond motifs is 1. The molecule has 0 aliphatic carbocycles. The number of anilines is 1. The first-order valence-corrected chi connectivity index (χ1v) is 13.0. The van der Waals surface area contributed by atoms with Gasteiger partial charge in [-0.15, -0.1) is 11.8 Å². The number of hydrogen-bond acceptors (Lipinski definition) is 5. The number of halogens is 1. The minimum atomic E-state index is -3.77. The number of sulfonamides is 1. The highest BCUT2D eigenvalue weighted by Crippen LogP contribution is 2.32. The van der Waals surface area contributed by atoms with E-state index in [0.717, 1.165) is 16.0 Å². The van der Waals surface area contributed by atoms with Gasteiger partial charge in [-0.25, -0.2) is 13.4 Å². The molecule has 6 nitrogen and oxygen atoms in total. The zero-order valence-corrected chi connectivity index (χ0v) is 20.7. The molecule has 0 amide bonds. The van der Waals surface area contributed by atoms with Crippen LogP contribution in [0.1, 0.15) is 22.4 Å². The van der Waals surface area contributed by atoms with Crippen LogP contribution in [0.2, 0.25) is 5.02 Å². The van der Waals surface area contributed by atoms with Gasteiger partial charge in [-0.1, -0.05) is 29.8 Å². The Hall–Kier alpha value is -2.81. The van der Waals surface area contributed by atoms with E-state index < -0.39 is 10.0 Å². The highest BCUT2D eigenvalue weighted by Gasteiger charge is 2.19. The van der Waals surface area contributed by atoms with E-state index in [1.54, 1.807) is 37.3 Å². The maximum atomic E-state index is 13.1. The zero-order valence-electron chi connectivity index (χ0n) is 18.3. The van der Waals surface area contributed by atoms with E-state index >= 15 is 0 Å². The molecule has 0 radical (unpaired) electrons. The Morgan fingerprint density at radius 3 is 2.52 bits per heavy atom. The van der Waals surface area contributed by atoms with Crippen LogP contribution in [-0.4, -0.2) is 17.8 Å². The molecular weight excluding hydrogens is 478 g/mol. The highest BCUT2D eigenvalue weighted by molar-refractivity contribution is 7.98. The largest absolute Gasteiger partial charge is 0.278 e. The van der Waals surface area contributed by atoms with Crippen molar-refractivity contribution < 1.29 is 8.42 Å². The van der Waals surface area contributed by atoms with Gasteiger partial charge in [0.2, 0.25) is 0 Å². The third-order valence-corrected chi connectivity index (χ3v) is 8.10. The molecule has 0 fully saturated rings. The number of para-hydroxylation sites is 1. The van der Waals surface area contributed by atoms with Crippen molar-refractivity contribution >= 4 is 44.7 Å². The van der Waals surface area contributed by atoms with Crippen LogP contribution in [0.3, 0.4) is 0 Å². The van der Waals surface area contributed by atoms with Crippen LogP contribution >= 0.6 is 23.4 Å². The zero-order chi connectivity index (χ0) is 23.8. The third kappa shape index (κ3) is 5.08. The summed E-state index contributed by atoms with van der Waals surface area (Å²) in [6.45, 7) is 5.64. The summed E-state index contributed by atoms with van der Waals surface area (Å²) in [5, 5.41) is 0.453. The van der Waals surface area contributed by atoms with Crippen molar-refractivity contribution in [3.8, 4) is 0 Å². The Labute approximate surface area is 201 Å². The quantitative estimate of drug-likeness (QED) is 0.361. The van der Waals surface area contributed by atoms with Crippen molar-refractivity contribution in [2.75, 3.05) is 4.72 Å². The molecule has 4 aromatic rings. The lowest BCUT2D eigenvalue weighted by atomic mass is 10.1. The van der Waals surface area contributed by atoms with E-state index in [1.165, 1.54) is 28.4 Å². The van der Waals surface area contributed by atoms with Crippen LogP contribution in [0.4, 0.5) is 5.69 Å². The summed E-state index contributed by atoms with van der Waals surface area (Å²) in [4.78, 5) is 17.9. The Kier molecular flexibility index (Phi) is 6.52. The second-order valence-electron chi connectivity index (χ2n) is 7.75. The first-order chi connectivity index (χ1) is 15.6. The molecule has 1 N–H and O–H groups in total. The third-order valence-electron chi connectivity index (χ3n) is 5.26. The standard InChI is InChI=1S/C24H22ClN3O3S2/c1-15-10-17(3)22(11-16(15)2)33(30,31)27-20-6-4-5-7-21(20)32-14-19-12-24(29)28-13-18(25)8-9-23(28)26-19/h4-13,27H,14H2,1-3H3. The van der Waals surface area contributed by atoms with Crippen molar-refractivity contribution in [1.82, 2.24) is 9.38 Å². The van der Waals surface area contributed by atoms with Gasteiger partial charge in [0.1, 0.15) is 5.65 Å². The number of nitrogens with zero attached hydrogens (tertiary/aromatic N) is 2. The fourth-order valence-corrected chi connectivity index (χ4v) is 5.97. The number of rotatable bonds is 6. The molecule has 0 atom stereocenters. The van der Waals surface area contributed by atoms with E-state index in [0.29, 0.717) is 33.4 Å². The molecule has 33 heavy (non-hydrogen) atoms. The summed E-state index contributed by atoms with van der Waals surface area (Å²) < 4.78 is 30.4. The van der Waals surface area contributed by atoms with E-state index in [4.69, 9.17) is 11.6 Å². The summed E-state index contributed by atoms with van der Waals surface area (Å²) in [6, 6.07) is 15.6. The van der Waals surface area contributed by atoms with Gasteiger partial charge in [0.25, 0.3) is 15.6 Å². The average Bonchev–Trinajstić information content (AvgIpc) is 2.76. The van der Waals surface area contributed by atoms with Crippen LogP contribution in [0.15, 0.2) is 75.4 Å². The van der Waals surface area contributed by atoms with Crippen LogP contribution in [0.5, 0.6) is 0 Å². The smallest absolute Gasteiger partial charge is 0.262 e. The monoisotopic (exact) mass is 499 g/mol. The Morgan fingerprint density at radius 1 is 1.00 bits per heavy atom. The number of hydrogen-bond donors (Lipinski definition) is 1. The van der Waals surface area contributed by atoms with Gasteiger partial charge in [0.15, 0.2) is 0 Å². The molecule has 0 aliphatic rings. The minimum absolute atomic E-state index is 0.225. The SMILES string of the molecule is Cc1cc(C)c(S(=O)(=O)Nc2ccccc2SCc2cc(=O)n3cc(Cl)ccc3n2)cc1C. The van der Waals surface area contributed by atoms with Crippen molar-refractivity contribution in [3.63, 3.8) is 0 Å². The lowest BCUT2D eigenvalue weighted by Crippen LogP contribution is -2.16. The number of thioether (sulfide) groups is 1. The number of aryl methyl sites for hydroxylation is 3. The maximum Gasteiger partial charge on any atom is 0.262 e. The Morgan fingerprint density at radius 2 is 1.73 bits per heavy atom. The number of pyridine rings is 1. The van der Waals surface area contributed by atoms with Gasteiger partial charge in [0, 0.05) is 22.9 Å². The highest BCUT2D eigenvalue weighted by atomic mass is 35.5. The Balaban J connectivity index is 1.60. The molecule has 2 aromatic carbocycles. The molecule has 170 valence electrons. The van der Waals surface area contributed by atoms with Crippen LogP contribution in [0.25, 0.3) is 5.65 Å². The first-order valence-electron chi connectivity index (χ1n) is 10.1. The minimum Gasteiger partial charge on any atom is -0.278 e. The van der Waals surface area contributed by atoms with E-state index in [9.17, 15) is 13.2 Å². The van der Waals surface area contributed by atoms with Gasteiger partial charge >= 0.3 is 0 Å².